The summed E-state index contributed by atoms with van der Waals surface area (Å²) in [5, 5.41) is 3.52. The minimum absolute atomic E-state index is 0.661. The minimum Gasteiger partial charge on any atom is -0.481 e. The molecule has 2 unspecified atom stereocenters. The second-order valence-corrected chi connectivity index (χ2v) is 8.23. The number of likely N-dealkylation sites (tertiary alicyclic amines) is 2. The van der Waals surface area contributed by atoms with Gasteiger partial charge < -0.3 is 15.0 Å². The van der Waals surface area contributed by atoms with Crippen molar-refractivity contribution >= 4 is 5.96 Å². The zero-order chi connectivity index (χ0) is 20.8. The van der Waals surface area contributed by atoms with Crippen LogP contribution in [-0.4, -0.2) is 60.6 Å². The van der Waals surface area contributed by atoms with Gasteiger partial charge in [0.25, 0.3) is 0 Å². The molecular formula is C24H33N5O. The van der Waals surface area contributed by atoms with Crippen LogP contribution in [0.25, 0.3) is 0 Å². The summed E-state index contributed by atoms with van der Waals surface area (Å²) in [6, 6.07) is 15.5. The normalized spacial score (nSPS) is 22.5. The predicted octanol–water partition coefficient (Wildman–Crippen LogP) is 3.15. The Hall–Kier alpha value is -2.60. The van der Waals surface area contributed by atoms with Crippen LogP contribution < -0.4 is 10.1 Å². The summed E-state index contributed by atoms with van der Waals surface area (Å²) in [7, 11) is 3.53. The van der Waals surface area contributed by atoms with E-state index in [0.717, 1.165) is 31.2 Å². The monoisotopic (exact) mass is 407 g/mol. The molecule has 2 saturated heterocycles. The van der Waals surface area contributed by atoms with E-state index in [2.05, 4.69) is 55.4 Å². The third-order valence-corrected chi connectivity index (χ3v) is 6.40. The molecule has 0 amide bonds. The Morgan fingerprint density at radius 3 is 2.83 bits per heavy atom. The van der Waals surface area contributed by atoms with Crippen molar-refractivity contribution in [1.82, 2.24) is 20.1 Å². The van der Waals surface area contributed by atoms with Crippen molar-refractivity contribution in [3.05, 3.63) is 59.8 Å². The molecule has 0 saturated carbocycles. The van der Waals surface area contributed by atoms with Gasteiger partial charge in [-0.15, -0.1) is 0 Å². The molecule has 2 atom stereocenters. The first-order chi connectivity index (χ1) is 14.8. The van der Waals surface area contributed by atoms with E-state index in [-0.39, 0.29) is 0 Å². The van der Waals surface area contributed by atoms with Gasteiger partial charge in [0.2, 0.25) is 5.88 Å². The number of hydrogen-bond acceptors (Lipinski definition) is 4. The lowest BCUT2D eigenvalue weighted by molar-refractivity contribution is 0.0372. The highest BCUT2D eigenvalue weighted by Gasteiger charge is 2.36. The van der Waals surface area contributed by atoms with Crippen LogP contribution in [0.3, 0.4) is 0 Å². The number of fused-ring (bicyclic) bond motifs is 1. The van der Waals surface area contributed by atoms with Gasteiger partial charge >= 0.3 is 0 Å². The van der Waals surface area contributed by atoms with Gasteiger partial charge in [-0.05, 0) is 43.4 Å². The second-order valence-electron chi connectivity index (χ2n) is 8.23. The van der Waals surface area contributed by atoms with Crippen LogP contribution in [0, 0.1) is 5.92 Å². The van der Waals surface area contributed by atoms with Crippen molar-refractivity contribution in [2.24, 2.45) is 10.9 Å². The number of benzene rings is 1. The number of methoxy groups -OCH3 is 1. The van der Waals surface area contributed by atoms with Crippen LogP contribution >= 0.6 is 0 Å². The number of pyridine rings is 1. The molecule has 1 aromatic carbocycles. The number of aliphatic imine (C=N–C) groups is 1. The van der Waals surface area contributed by atoms with E-state index >= 15 is 0 Å². The van der Waals surface area contributed by atoms with Crippen molar-refractivity contribution in [3.63, 3.8) is 0 Å². The minimum atomic E-state index is 0.661. The largest absolute Gasteiger partial charge is 0.481 e. The zero-order valence-corrected chi connectivity index (χ0v) is 18.1. The molecule has 2 aliphatic heterocycles. The lowest BCUT2D eigenvalue weighted by atomic mass is 9.83. The number of rotatable bonds is 5. The third-order valence-electron chi connectivity index (χ3n) is 6.40. The van der Waals surface area contributed by atoms with E-state index in [1.165, 1.54) is 31.4 Å². The van der Waals surface area contributed by atoms with Gasteiger partial charge in [0.05, 0.1) is 7.11 Å². The van der Waals surface area contributed by atoms with Gasteiger partial charge in [-0.3, -0.25) is 9.89 Å². The Labute approximate surface area is 180 Å². The Morgan fingerprint density at radius 1 is 1.17 bits per heavy atom. The molecule has 1 aromatic heterocycles. The highest BCUT2D eigenvalue weighted by molar-refractivity contribution is 5.80. The predicted molar refractivity (Wildman–Crippen MR) is 121 cm³/mol. The fourth-order valence-electron chi connectivity index (χ4n) is 4.96. The molecule has 6 heteroatoms. The molecule has 0 spiro atoms. The number of nitrogens with zero attached hydrogens (tertiary/aromatic N) is 4. The molecule has 0 aliphatic carbocycles. The summed E-state index contributed by atoms with van der Waals surface area (Å²) in [5.74, 6) is 2.34. The van der Waals surface area contributed by atoms with Crippen LogP contribution in [0.1, 0.15) is 30.4 Å². The summed E-state index contributed by atoms with van der Waals surface area (Å²) < 4.78 is 5.38. The van der Waals surface area contributed by atoms with Gasteiger partial charge in [-0.25, -0.2) is 4.98 Å². The average molecular weight is 408 g/mol. The molecule has 4 rings (SSSR count). The standard InChI is InChI=1S/C24H33N5O/c1-25-24(27-16-20-10-6-13-26-23(20)30-2)29-15-12-22-21(18-29)11-7-14-28(22)17-19-8-4-3-5-9-19/h3-6,8-10,13,21-22H,7,11-12,14-18H2,1-2H3,(H,25,27). The van der Waals surface area contributed by atoms with Crippen molar-refractivity contribution < 1.29 is 4.74 Å². The number of hydrogen-bond donors (Lipinski definition) is 1. The quantitative estimate of drug-likeness (QED) is 0.610. The number of guanidine groups is 1. The van der Waals surface area contributed by atoms with Crippen molar-refractivity contribution in [1.29, 1.82) is 0 Å². The maximum atomic E-state index is 5.38. The van der Waals surface area contributed by atoms with Crippen LogP contribution in [0.4, 0.5) is 0 Å². The molecule has 0 bridgehead atoms. The maximum absolute atomic E-state index is 5.38. The smallest absolute Gasteiger partial charge is 0.218 e. The first-order valence-corrected chi connectivity index (χ1v) is 11.0. The number of ether oxygens (including phenoxy) is 1. The highest BCUT2D eigenvalue weighted by Crippen LogP contribution is 2.31. The number of aromatic nitrogens is 1. The zero-order valence-electron chi connectivity index (χ0n) is 18.1. The van der Waals surface area contributed by atoms with Crippen LogP contribution in [-0.2, 0) is 13.1 Å². The summed E-state index contributed by atoms with van der Waals surface area (Å²) in [5.41, 5.74) is 2.46. The fourth-order valence-corrected chi connectivity index (χ4v) is 4.96. The maximum Gasteiger partial charge on any atom is 0.218 e. The van der Waals surface area contributed by atoms with Crippen LogP contribution in [0.15, 0.2) is 53.7 Å². The summed E-state index contributed by atoms with van der Waals surface area (Å²) >= 11 is 0. The van der Waals surface area contributed by atoms with Crippen LogP contribution in [0.5, 0.6) is 5.88 Å². The topological polar surface area (TPSA) is 53.0 Å². The van der Waals surface area contributed by atoms with E-state index in [9.17, 15) is 0 Å². The second kappa shape index (κ2) is 9.94. The highest BCUT2D eigenvalue weighted by atomic mass is 16.5. The third kappa shape index (κ3) is 4.75. The van der Waals surface area contributed by atoms with Gasteiger partial charge in [-0.2, -0.15) is 0 Å². The summed E-state index contributed by atoms with van der Waals surface area (Å²) in [6.07, 6.45) is 5.53. The Kier molecular flexibility index (Phi) is 6.84. The van der Waals surface area contributed by atoms with E-state index in [4.69, 9.17) is 4.74 Å². The van der Waals surface area contributed by atoms with E-state index < -0.39 is 0 Å². The molecule has 6 nitrogen and oxygen atoms in total. The Balaban J connectivity index is 1.36. The SMILES string of the molecule is CN=C(NCc1cccnc1OC)N1CCC2C(CCCN2Cc2ccccc2)C1. The molecule has 0 radical (unpaired) electrons. The summed E-state index contributed by atoms with van der Waals surface area (Å²) in [4.78, 5) is 14.0. The molecule has 30 heavy (non-hydrogen) atoms. The molecule has 2 aromatic rings. The van der Waals surface area contributed by atoms with Gasteiger partial charge in [0.1, 0.15) is 0 Å². The van der Waals surface area contributed by atoms with Crippen molar-refractivity contribution in [2.45, 2.75) is 38.4 Å². The molecule has 160 valence electrons. The molecular weight excluding hydrogens is 374 g/mol. The van der Waals surface area contributed by atoms with Crippen LogP contribution in [0.2, 0.25) is 0 Å². The van der Waals surface area contributed by atoms with Gasteiger partial charge in [0.15, 0.2) is 5.96 Å². The molecule has 1 N–H and O–H groups in total. The Bertz CT molecular complexity index is 840. The molecule has 2 aliphatic rings. The number of nitrogens with one attached hydrogen (secondary N) is 1. The first-order valence-electron chi connectivity index (χ1n) is 11.0. The number of piperidine rings is 2. The van der Waals surface area contributed by atoms with Crippen molar-refractivity contribution in [2.75, 3.05) is 33.8 Å². The lowest BCUT2D eigenvalue weighted by Gasteiger charge is -2.48. The lowest BCUT2D eigenvalue weighted by Crippen LogP contribution is -2.56. The van der Waals surface area contributed by atoms with E-state index in [1.807, 2.05) is 19.2 Å². The Morgan fingerprint density at radius 2 is 2.03 bits per heavy atom. The fraction of sp³-hybridized carbons (Fsp3) is 0.500. The molecule has 2 fully saturated rings. The van der Waals surface area contributed by atoms with Gasteiger partial charge in [0, 0.05) is 51.0 Å². The van der Waals surface area contributed by atoms with Crippen molar-refractivity contribution in [3.8, 4) is 5.88 Å². The van der Waals surface area contributed by atoms with Gasteiger partial charge in [-0.1, -0.05) is 36.4 Å². The van der Waals surface area contributed by atoms with E-state index in [0.29, 0.717) is 24.4 Å². The van der Waals surface area contributed by atoms with E-state index in [1.54, 1.807) is 13.3 Å². The summed E-state index contributed by atoms with van der Waals surface area (Å²) in [6.45, 7) is 5.05. The average Bonchev–Trinajstić information content (AvgIpc) is 2.80. The molecule has 3 heterocycles. The first kappa shape index (κ1) is 20.7.